The zero-order chi connectivity index (χ0) is 10.6. The lowest BCUT2D eigenvalue weighted by Gasteiger charge is -2.29. The average molecular weight is 200 g/mol. The summed E-state index contributed by atoms with van der Waals surface area (Å²) in [5.41, 5.74) is 0. The third kappa shape index (κ3) is 2.71. The van der Waals surface area contributed by atoms with Crippen molar-refractivity contribution in [2.24, 2.45) is 11.8 Å². The van der Waals surface area contributed by atoms with E-state index < -0.39 is 18.0 Å². The molecule has 0 aromatic heterocycles. The van der Waals surface area contributed by atoms with Crippen LogP contribution < -0.4 is 0 Å². The van der Waals surface area contributed by atoms with Gasteiger partial charge in [-0.1, -0.05) is 26.2 Å². The highest BCUT2D eigenvalue weighted by Crippen LogP contribution is 2.30. The van der Waals surface area contributed by atoms with Crippen molar-refractivity contribution >= 4 is 5.97 Å². The zero-order valence-electron chi connectivity index (χ0n) is 8.78. The summed E-state index contributed by atoms with van der Waals surface area (Å²) in [4.78, 5) is 10.9. The second-order valence-electron chi connectivity index (χ2n) is 4.24. The number of aliphatic hydroxyl groups excluding tert-OH is 1. The quantitative estimate of drug-likeness (QED) is 0.730. The first-order chi connectivity index (χ1) is 6.66. The largest absolute Gasteiger partial charge is 0.481 e. The molecule has 14 heavy (non-hydrogen) atoms. The van der Waals surface area contributed by atoms with Crippen molar-refractivity contribution in [1.82, 2.24) is 0 Å². The topological polar surface area (TPSA) is 57.5 Å². The van der Waals surface area contributed by atoms with Crippen LogP contribution in [-0.2, 0) is 4.79 Å². The maximum atomic E-state index is 10.9. The number of carbonyl (C=O) groups is 1. The van der Waals surface area contributed by atoms with Gasteiger partial charge in [0.25, 0.3) is 0 Å². The Bertz CT molecular complexity index is 185. The highest BCUT2D eigenvalue weighted by atomic mass is 16.4. The molecule has 0 spiro atoms. The molecule has 3 heteroatoms. The lowest BCUT2D eigenvalue weighted by Crippen LogP contribution is -2.35. The van der Waals surface area contributed by atoms with Crippen LogP contribution >= 0.6 is 0 Å². The first kappa shape index (κ1) is 11.5. The molecule has 1 fully saturated rings. The minimum atomic E-state index is -0.856. The van der Waals surface area contributed by atoms with Crippen LogP contribution in [0.2, 0.25) is 0 Å². The van der Waals surface area contributed by atoms with E-state index in [1.54, 1.807) is 0 Å². The summed E-state index contributed by atoms with van der Waals surface area (Å²) in [6.07, 6.45) is 5.36. The number of carboxylic acids is 1. The standard InChI is InChI=1S/C11H20O3/c1-2-9(11(13)14)10(12)8-6-4-3-5-7-8/h8-10,12H,2-7H2,1H3,(H,13,14)/t9-,10?/m0/s1. The monoisotopic (exact) mass is 200 g/mol. The number of carboxylic acid groups (broad SMARTS) is 1. The fourth-order valence-electron chi connectivity index (χ4n) is 2.37. The van der Waals surface area contributed by atoms with Crippen LogP contribution in [0.15, 0.2) is 0 Å². The van der Waals surface area contributed by atoms with Gasteiger partial charge < -0.3 is 10.2 Å². The van der Waals surface area contributed by atoms with Gasteiger partial charge in [-0.15, -0.1) is 0 Å². The van der Waals surface area contributed by atoms with Crippen LogP contribution in [0.25, 0.3) is 0 Å². The van der Waals surface area contributed by atoms with Gasteiger partial charge in [-0.05, 0) is 25.2 Å². The summed E-state index contributed by atoms with van der Waals surface area (Å²) in [6.45, 7) is 1.82. The Morgan fingerprint density at radius 1 is 1.36 bits per heavy atom. The van der Waals surface area contributed by atoms with Gasteiger partial charge in [-0.2, -0.15) is 0 Å². The molecule has 1 aliphatic rings. The smallest absolute Gasteiger partial charge is 0.309 e. The molecular weight excluding hydrogens is 180 g/mol. The fourth-order valence-corrected chi connectivity index (χ4v) is 2.37. The van der Waals surface area contributed by atoms with E-state index in [4.69, 9.17) is 5.11 Å². The molecule has 0 bridgehead atoms. The normalized spacial score (nSPS) is 23.0. The summed E-state index contributed by atoms with van der Waals surface area (Å²) in [7, 11) is 0. The van der Waals surface area contributed by atoms with Crippen LogP contribution in [0.3, 0.4) is 0 Å². The Balaban J connectivity index is 2.51. The summed E-state index contributed by atoms with van der Waals surface area (Å²) in [5, 5.41) is 18.8. The van der Waals surface area contributed by atoms with Crippen molar-refractivity contribution in [3.05, 3.63) is 0 Å². The summed E-state index contributed by atoms with van der Waals surface area (Å²) >= 11 is 0. The third-order valence-corrected chi connectivity index (χ3v) is 3.30. The van der Waals surface area contributed by atoms with Gasteiger partial charge in [0.1, 0.15) is 0 Å². The van der Waals surface area contributed by atoms with Crippen LogP contribution in [0.5, 0.6) is 0 Å². The maximum Gasteiger partial charge on any atom is 0.309 e. The number of aliphatic carboxylic acids is 1. The highest BCUT2D eigenvalue weighted by molar-refractivity contribution is 5.70. The Kier molecular flexibility index (Phi) is 4.39. The van der Waals surface area contributed by atoms with Gasteiger partial charge in [0.05, 0.1) is 12.0 Å². The Labute approximate surface area is 85.1 Å². The van der Waals surface area contributed by atoms with Gasteiger partial charge in [0.15, 0.2) is 0 Å². The molecule has 1 aliphatic carbocycles. The maximum absolute atomic E-state index is 10.9. The number of hydrogen-bond acceptors (Lipinski definition) is 2. The molecule has 0 aliphatic heterocycles. The predicted molar refractivity (Wildman–Crippen MR) is 54.0 cm³/mol. The lowest BCUT2D eigenvalue weighted by molar-refractivity contribution is -0.147. The lowest BCUT2D eigenvalue weighted by atomic mass is 9.79. The molecule has 3 nitrogen and oxygen atoms in total. The Morgan fingerprint density at radius 2 is 1.93 bits per heavy atom. The highest BCUT2D eigenvalue weighted by Gasteiger charge is 2.31. The molecular formula is C11H20O3. The Hall–Kier alpha value is -0.570. The molecule has 1 rings (SSSR count). The summed E-state index contributed by atoms with van der Waals surface area (Å²) < 4.78 is 0. The van der Waals surface area contributed by atoms with Gasteiger partial charge in [0.2, 0.25) is 0 Å². The molecule has 0 aromatic rings. The van der Waals surface area contributed by atoms with E-state index in [0.29, 0.717) is 6.42 Å². The molecule has 2 atom stereocenters. The summed E-state index contributed by atoms with van der Waals surface area (Å²) in [6, 6.07) is 0. The van der Waals surface area contributed by atoms with E-state index in [1.165, 1.54) is 6.42 Å². The van der Waals surface area contributed by atoms with Gasteiger partial charge in [0, 0.05) is 0 Å². The van der Waals surface area contributed by atoms with Crippen molar-refractivity contribution in [3.63, 3.8) is 0 Å². The zero-order valence-corrected chi connectivity index (χ0v) is 8.78. The summed E-state index contributed by atoms with van der Waals surface area (Å²) in [5.74, 6) is -1.21. The second kappa shape index (κ2) is 5.35. The fraction of sp³-hybridized carbons (Fsp3) is 0.909. The van der Waals surface area contributed by atoms with Gasteiger partial charge in [-0.3, -0.25) is 4.79 Å². The van der Waals surface area contributed by atoms with E-state index in [9.17, 15) is 9.90 Å². The van der Waals surface area contributed by atoms with Gasteiger partial charge in [-0.25, -0.2) is 0 Å². The van der Waals surface area contributed by atoms with Crippen molar-refractivity contribution in [2.75, 3.05) is 0 Å². The first-order valence-electron chi connectivity index (χ1n) is 5.57. The minimum Gasteiger partial charge on any atom is -0.481 e. The molecule has 0 aromatic carbocycles. The van der Waals surface area contributed by atoms with Crippen LogP contribution in [-0.4, -0.2) is 22.3 Å². The van der Waals surface area contributed by atoms with E-state index in [-0.39, 0.29) is 5.92 Å². The first-order valence-corrected chi connectivity index (χ1v) is 5.57. The van der Waals surface area contributed by atoms with Crippen molar-refractivity contribution < 1.29 is 15.0 Å². The van der Waals surface area contributed by atoms with Gasteiger partial charge >= 0.3 is 5.97 Å². The molecule has 0 heterocycles. The van der Waals surface area contributed by atoms with Crippen molar-refractivity contribution in [3.8, 4) is 0 Å². The number of rotatable bonds is 4. The van der Waals surface area contributed by atoms with Crippen molar-refractivity contribution in [2.45, 2.75) is 51.6 Å². The third-order valence-electron chi connectivity index (χ3n) is 3.30. The van der Waals surface area contributed by atoms with Crippen LogP contribution in [0.1, 0.15) is 45.4 Å². The van der Waals surface area contributed by atoms with E-state index in [0.717, 1.165) is 25.7 Å². The Morgan fingerprint density at radius 3 is 2.36 bits per heavy atom. The number of aliphatic hydroxyl groups is 1. The molecule has 0 amide bonds. The van der Waals surface area contributed by atoms with Crippen LogP contribution in [0.4, 0.5) is 0 Å². The molecule has 82 valence electrons. The van der Waals surface area contributed by atoms with E-state index in [1.807, 2.05) is 6.92 Å². The minimum absolute atomic E-state index is 0.213. The molecule has 2 N–H and O–H groups in total. The molecule has 1 saturated carbocycles. The van der Waals surface area contributed by atoms with E-state index in [2.05, 4.69) is 0 Å². The van der Waals surface area contributed by atoms with E-state index >= 15 is 0 Å². The second-order valence-corrected chi connectivity index (χ2v) is 4.24. The molecule has 1 unspecified atom stereocenters. The SMILES string of the molecule is CC[C@H](C(=O)O)C(O)C1CCCCC1. The van der Waals surface area contributed by atoms with Crippen LogP contribution in [0, 0.1) is 11.8 Å². The molecule has 0 saturated heterocycles. The predicted octanol–water partition coefficient (Wildman–Crippen LogP) is 2.04. The average Bonchev–Trinajstić information content (AvgIpc) is 2.19. The van der Waals surface area contributed by atoms with Crippen molar-refractivity contribution in [1.29, 1.82) is 0 Å². The number of hydrogen-bond donors (Lipinski definition) is 2. The molecule has 0 radical (unpaired) electrons.